The molecule has 0 saturated carbocycles. The molecule has 0 fully saturated rings. The van der Waals surface area contributed by atoms with Crippen LogP contribution in [0.1, 0.15) is 17.4 Å². The van der Waals surface area contributed by atoms with E-state index in [-0.39, 0.29) is 6.79 Å². The van der Waals surface area contributed by atoms with Gasteiger partial charge in [-0.25, -0.2) is 0 Å². The minimum atomic E-state index is -0.493. The number of ether oxygens (including phenoxy) is 3. The monoisotopic (exact) mass is 476 g/mol. The SMILES string of the molecule is Clc1ccc(CSc2nnc3c(n2)O[C@@H](c2ccc4c(c2)OCO4)Nc2ccccc2-3)cc1. The Kier molecular flexibility index (Phi) is 5.16. The fraction of sp³-hybridized carbons (Fsp3) is 0.125. The number of fused-ring (bicyclic) bond motifs is 4. The molecule has 0 saturated heterocycles. The van der Waals surface area contributed by atoms with Crippen LogP contribution in [-0.4, -0.2) is 22.0 Å². The Bertz CT molecular complexity index is 1340. The van der Waals surface area contributed by atoms with Gasteiger partial charge in [-0.05, 0) is 42.0 Å². The third kappa shape index (κ3) is 4.03. The second-order valence-corrected chi connectivity index (χ2v) is 8.84. The maximum Gasteiger partial charge on any atom is 0.247 e. The summed E-state index contributed by atoms with van der Waals surface area (Å²) < 4.78 is 17.3. The molecule has 2 aliphatic heterocycles. The average molecular weight is 477 g/mol. The lowest BCUT2D eigenvalue weighted by atomic mass is 10.1. The smallest absolute Gasteiger partial charge is 0.247 e. The Morgan fingerprint density at radius 1 is 0.970 bits per heavy atom. The molecular weight excluding hydrogens is 460 g/mol. The Balaban J connectivity index is 1.33. The molecular formula is C24H17ClN4O3S. The standard InChI is InChI=1S/C24H17ClN4O3S/c25-16-8-5-14(6-9-16)12-33-24-27-23-21(28-29-24)17-3-1-2-4-18(17)26-22(32-23)15-7-10-19-20(11-15)31-13-30-19/h1-11,22,26H,12-13H2/t22-/m0/s1. The van der Waals surface area contributed by atoms with Gasteiger partial charge in [0, 0.05) is 27.6 Å². The molecule has 0 unspecified atom stereocenters. The van der Waals surface area contributed by atoms with Gasteiger partial charge in [-0.2, -0.15) is 4.98 Å². The van der Waals surface area contributed by atoms with Gasteiger partial charge >= 0.3 is 0 Å². The van der Waals surface area contributed by atoms with Crippen LogP contribution in [0.2, 0.25) is 5.02 Å². The van der Waals surface area contributed by atoms with Crippen molar-refractivity contribution < 1.29 is 14.2 Å². The van der Waals surface area contributed by atoms with Crippen molar-refractivity contribution in [2.24, 2.45) is 0 Å². The quantitative estimate of drug-likeness (QED) is 0.375. The zero-order valence-electron chi connectivity index (χ0n) is 17.2. The predicted molar refractivity (Wildman–Crippen MR) is 126 cm³/mol. The molecule has 3 aromatic carbocycles. The number of halogens is 1. The lowest BCUT2D eigenvalue weighted by Gasteiger charge is -2.19. The number of thioether (sulfide) groups is 1. The number of hydrogen-bond donors (Lipinski definition) is 1. The van der Waals surface area contributed by atoms with Crippen molar-refractivity contribution in [2.75, 3.05) is 12.1 Å². The number of anilines is 1. The van der Waals surface area contributed by atoms with Crippen molar-refractivity contribution in [3.8, 4) is 28.6 Å². The van der Waals surface area contributed by atoms with E-state index in [0.29, 0.717) is 33.3 Å². The fourth-order valence-electron chi connectivity index (χ4n) is 3.66. The highest BCUT2D eigenvalue weighted by molar-refractivity contribution is 7.98. The third-order valence-corrected chi connectivity index (χ3v) is 6.47. The summed E-state index contributed by atoms with van der Waals surface area (Å²) in [5, 5.41) is 13.5. The Labute approximate surface area is 199 Å². The molecule has 6 rings (SSSR count). The molecule has 0 spiro atoms. The first kappa shape index (κ1) is 20.1. The zero-order valence-corrected chi connectivity index (χ0v) is 18.8. The lowest BCUT2D eigenvalue weighted by molar-refractivity contribution is 0.173. The maximum absolute atomic E-state index is 6.34. The zero-order chi connectivity index (χ0) is 22.2. The highest BCUT2D eigenvalue weighted by Crippen LogP contribution is 2.41. The molecule has 0 bridgehead atoms. The van der Waals surface area contributed by atoms with Gasteiger partial charge in [-0.15, -0.1) is 10.2 Å². The molecule has 1 atom stereocenters. The van der Waals surface area contributed by atoms with Gasteiger partial charge < -0.3 is 19.5 Å². The minimum absolute atomic E-state index is 0.217. The van der Waals surface area contributed by atoms with Crippen LogP contribution in [0.4, 0.5) is 5.69 Å². The van der Waals surface area contributed by atoms with Crippen LogP contribution < -0.4 is 19.5 Å². The Morgan fingerprint density at radius 3 is 2.73 bits per heavy atom. The average Bonchev–Trinajstić information content (AvgIpc) is 3.25. The molecule has 33 heavy (non-hydrogen) atoms. The first-order valence-corrected chi connectivity index (χ1v) is 11.6. The van der Waals surface area contributed by atoms with Crippen LogP contribution in [-0.2, 0) is 5.75 Å². The Morgan fingerprint density at radius 2 is 1.82 bits per heavy atom. The first-order valence-electron chi connectivity index (χ1n) is 10.3. The van der Waals surface area contributed by atoms with Gasteiger partial charge in [0.25, 0.3) is 0 Å². The van der Waals surface area contributed by atoms with E-state index in [9.17, 15) is 0 Å². The van der Waals surface area contributed by atoms with E-state index in [1.54, 1.807) is 0 Å². The van der Waals surface area contributed by atoms with E-state index < -0.39 is 6.23 Å². The van der Waals surface area contributed by atoms with Crippen LogP contribution >= 0.6 is 23.4 Å². The molecule has 7 nitrogen and oxygen atoms in total. The summed E-state index contributed by atoms with van der Waals surface area (Å²) in [5.41, 5.74) is 4.36. The second-order valence-electron chi connectivity index (χ2n) is 7.46. The number of rotatable bonds is 4. The van der Waals surface area contributed by atoms with Gasteiger partial charge in [-0.1, -0.05) is 53.7 Å². The molecule has 0 aliphatic carbocycles. The minimum Gasteiger partial charge on any atom is -0.454 e. The van der Waals surface area contributed by atoms with Gasteiger partial charge in [0.1, 0.15) is 0 Å². The lowest BCUT2D eigenvalue weighted by Crippen LogP contribution is -2.17. The third-order valence-electron chi connectivity index (χ3n) is 5.31. The van der Waals surface area contributed by atoms with E-state index in [0.717, 1.165) is 28.1 Å². The van der Waals surface area contributed by atoms with E-state index in [1.807, 2.05) is 66.7 Å². The molecule has 164 valence electrons. The summed E-state index contributed by atoms with van der Waals surface area (Å²) in [6, 6.07) is 21.3. The van der Waals surface area contributed by atoms with E-state index in [1.165, 1.54) is 11.8 Å². The van der Waals surface area contributed by atoms with E-state index in [2.05, 4.69) is 15.5 Å². The summed E-state index contributed by atoms with van der Waals surface area (Å²) in [6.07, 6.45) is -0.493. The van der Waals surface area contributed by atoms with Gasteiger partial charge in [0.15, 0.2) is 23.4 Å². The van der Waals surface area contributed by atoms with Crippen molar-refractivity contribution >= 4 is 29.1 Å². The molecule has 9 heteroatoms. The van der Waals surface area contributed by atoms with E-state index in [4.69, 9.17) is 30.8 Å². The molecule has 3 heterocycles. The summed E-state index contributed by atoms with van der Waals surface area (Å²) in [6.45, 7) is 0.217. The summed E-state index contributed by atoms with van der Waals surface area (Å²) in [7, 11) is 0. The van der Waals surface area contributed by atoms with Gasteiger partial charge in [-0.3, -0.25) is 0 Å². The molecule has 2 aliphatic rings. The van der Waals surface area contributed by atoms with Crippen LogP contribution in [0, 0.1) is 0 Å². The molecule has 1 N–H and O–H groups in total. The number of benzene rings is 3. The van der Waals surface area contributed by atoms with E-state index >= 15 is 0 Å². The number of para-hydroxylation sites is 1. The van der Waals surface area contributed by atoms with Crippen molar-refractivity contribution in [2.45, 2.75) is 17.1 Å². The normalized spacial score (nSPS) is 15.6. The van der Waals surface area contributed by atoms with Crippen molar-refractivity contribution in [1.82, 2.24) is 15.2 Å². The van der Waals surface area contributed by atoms with Crippen LogP contribution in [0.3, 0.4) is 0 Å². The number of aromatic nitrogens is 3. The number of nitrogens with one attached hydrogen (secondary N) is 1. The predicted octanol–water partition coefficient (Wildman–Crippen LogP) is 5.72. The number of hydrogen-bond acceptors (Lipinski definition) is 8. The maximum atomic E-state index is 6.34. The summed E-state index contributed by atoms with van der Waals surface area (Å²) in [4.78, 5) is 4.70. The first-order chi connectivity index (χ1) is 16.2. The van der Waals surface area contributed by atoms with Gasteiger partial charge in [0.2, 0.25) is 17.8 Å². The van der Waals surface area contributed by atoms with Crippen LogP contribution in [0.25, 0.3) is 11.3 Å². The van der Waals surface area contributed by atoms with Gasteiger partial charge in [0.05, 0.1) is 0 Å². The molecule has 4 aromatic rings. The largest absolute Gasteiger partial charge is 0.454 e. The summed E-state index contributed by atoms with van der Waals surface area (Å²) >= 11 is 7.47. The Hall–Kier alpha value is -3.49. The molecule has 0 amide bonds. The topological polar surface area (TPSA) is 78.4 Å². The van der Waals surface area contributed by atoms with Crippen molar-refractivity contribution in [3.05, 3.63) is 82.9 Å². The van der Waals surface area contributed by atoms with Crippen LogP contribution in [0.5, 0.6) is 17.4 Å². The highest BCUT2D eigenvalue weighted by atomic mass is 35.5. The summed E-state index contributed by atoms with van der Waals surface area (Å²) in [5.74, 6) is 2.52. The van der Waals surface area contributed by atoms with Crippen molar-refractivity contribution in [3.63, 3.8) is 0 Å². The fourth-order valence-corrected chi connectivity index (χ4v) is 4.52. The molecule has 1 aromatic heterocycles. The highest BCUT2D eigenvalue weighted by Gasteiger charge is 2.27. The van der Waals surface area contributed by atoms with Crippen LogP contribution in [0.15, 0.2) is 71.9 Å². The van der Waals surface area contributed by atoms with Crippen molar-refractivity contribution in [1.29, 1.82) is 0 Å². The molecule has 0 radical (unpaired) electrons. The second kappa shape index (κ2) is 8.46. The number of nitrogens with zero attached hydrogens (tertiary/aromatic N) is 3.